The highest BCUT2D eigenvalue weighted by Gasteiger charge is 2.31. The number of ether oxygens (including phenoxy) is 2. The van der Waals surface area contributed by atoms with Gasteiger partial charge in [-0.25, -0.2) is 17.6 Å². The molecule has 10 heteroatoms. The molecule has 0 aliphatic carbocycles. The summed E-state index contributed by atoms with van der Waals surface area (Å²) in [5, 5.41) is 0.0939. The van der Waals surface area contributed by atoms with Crippen LogP contribution in [0.4, 0.5) is 10.1 Å². The molecule has 0 amide bonds. The summed E-state index contributed by atoms with van der Waals surface area (Å²) in [5.74, 6) is -0.981. The van der Waals surface area contributed by atoms with Crippen LogP contribution < -0.4 is 9.46 Å². The van der Waals surface area contributed by atoms with E-state index < -0.39 is 27.4 Å². The average molecular weight is 507 g/mol. The second-order valence-corrected chi connectivity index (χ2v) is 10.1. The van der Waals surface area contributed by atoms with Crippen molar-refractivity contribution in [2.75, 3.05) is 11.3 Å². The Labute approximate surface area is 202 Å². The van der Waals surface area contributed by atoms with E-state index in [2.05, 4.69) is 9.71 Å². The van der Waals surface area contributed by atoms with Crippen molar-refractivity contribution in [2.24, 2.45) is 0 Å². The van der Waals surface area contributed by atoms with Crippen molar-refractivity contribution < 1.29 is 27.1 Å². The van der Waals surface area contributed by atoms with Crippen LogP contribution in [0.15, 0.2) is 59.8 Å². The molecule has 0 saturated carbocycles. The van der Waals surface area contributed by atoms with E-state index in [9.17, 15) is 17.6 Å². The molecule has 3 rings (SSSR count). The number of sulfonamides is 1. The lowest BCUT2D eigenvalue weighted by molar-refractivity contribution is -0.158. The van der Waals surface area contributed by atoms with Crippen molar-refractivity contribution in [1.82, 2.24) is 4.98 Å². The number of aryl methyl sites for hydroxylation is 1. The van der Waals surface area contributed by atoms with Crippen molar-refractivity contribution in [1.29, 1.82) is 0 Å². The summed E-state index contributed by atoms with van der Waals surface area (Å²) in [6.07, 6.45) is 2.69. The predicted molar refractivity (Wildman–Crippen MR) is 128 cm³/mol. The van der Waals surface area contributed by atoms with Gasteiger partial charge in [0, 0.05) is 23.0 Å². The molecular formula is C24H24ClFN2O5S. The highest BCUT2D eigenvalue weighted by molar-refractivity contribution is 7.92. The molecule has 0 saturated heterocycles. The van der Waals surface area contributed by atoms with E-state index in [4.69, 9.17) is 21.1 Å². The lowest BCUT2D eigenvalue weighted by Gasteiger charge is -2.24. The third-order valence-corrected chi connectivity index (χ3v) is 6.29. The minimum Gasteiger partial charge on any atom is -0.476 e. The van der Waals surface area contributed by atoms with Crippen molar-refractivity contribution in [3.8, 4) is 16.9 Å². The predicted octanol–water partition coefficient (Wildman–Crippen LogP) is 5.37. The summed E-state index contributed by atoms with van der Waals surface area (Å²) in [4.78, 5) is 15.9. The van der Waals surface area contributed by atoms with Crippen molar-refractivity contribution in [3.05, 3.63) is 71.3 Å². The standard InChI is InChI=1S/C24H24ClFN2O5S/c1-5-32-23(29)24(3,4)33-18-8-6-16(7-9-18)20-11-17(25)12-21(26)22(20)28-34(30,31)19-10-15(2)13-27-14-19/h6-14,28H,5H2,1-4H3. The molecule has 7 nitrogen and oxygen atoms in total. The monoisotopic (exact) mass is 506 g/mol. The fourth-order valence-corrected chi connectivity index (χ4v) is 4.46. The molecule has 0 unspecified atom stereocenters. The van der Waals surface area contributed by atoms with Gasteiger partial charge in [-0.15, -0.1) is 0 Å². The molecule has 34 heavy (non-hydrogen) atoms. The molecule has 2 aromatic carbocycles. The molecule has 0 bridgehead atoms. The first-order valence-electron chi connectivity index (χ1n) is 10.3. The highest BCUT2D eigenvalue weighted by Crippen LogP contribution is 2.36. The van der Waals surface area contributed by atoms with E-state index in [1.54, 1.807) is 52.0 Å². The zero-order valence-corrected chi connectivity index (χ0v) is 20.6. The van der Waals surface area contributed by atoms with E-state index >= 15 is 0 Å². The van der Waals surface area contributed by atoms with Crippen LogP contribution >= 0.6 is 11.6 Å². The quantitative estimate of drug-likeness (QED) is 0.413. The summed E-state index contributed by atoms with van der Waals surface area (Å²) in [5.41, 5.74) is -0.136. The van der Waals surface area contributed by atoms with Crippen molar-refractivity contribution in [3.63, 3.8) is 0 Å². The Balaban J connectivity index is 1.96. The van der Waals surface area contributed by atoms with Gasteiger partial charge >= 0.3 is 5.97 Å². The van der Waals surface area contributed by atoms with Crippen LogP contribution in [-0.2, 0) is 19.6 Å². The van der Waals surface area contributed by atoms with Crippen LogP contribution in [0.25, 0.3) is 11.1 Å². The summed E-state index contributed by atoms with van der Waals surface area (Å²) in [7, 11) is -4.12. The normalized spacial score (nSPS) is 11.7. The van der Waals surface area contributed by atoms with Crippen LogP contribution in [0.5, 0.6) is 5.75 Å². The number of hydrogen-bond acceptors (Lipinski definition) is 6. The number of benzene rings is 2. The second-order valence-electron chi connectivity index (χ2n) is 7.97. The number of aromatic nitrogens is 1. The lowest BCUT2D eigenvalue weighted by atomic mass is 10.0. The number of halogens is 2. The first kappa shape index (κ1) is 25.5. The Morgan fingerprint density at radius 3 is 2.44 bits per heavy atom. The van der Waals surface area contributed by atoms with Gasteiger partial charge in [0.15, 0.2) is 5.60 Å². The molecule has 0 radical (unpaired) electrons. The van der Waals surface area contributed by atoms with Crippen LogP contribution in [0.3, 0.4) is 0 Å². The Hall–Kier alpha value is -3.17. The number of nitrogens with one attached hydrogen (secondary N) is 1. The van der Waals surface area contributed by atoms with Crippen LogP contribution in [0, 0.1) is 12.7 Å². The minimum atomic E-state index is -4.12. The van der Waals surface area contributed by atoms with Crippen LogP contribution in [-0.4, -0.2) is 31.6 Å². The molecule has 0 spiro atoms. The van der Waals surface area contributed by atoms with E-state index in [1.165, 1.54) is 24.5 Å². The van der Waals surface area contributed by atoms with Gasteiger partial charge in [0.05, 0.1) is 12.3 Å². The number of anilines is 1. The maximum atomic E-state index is 14.9. The number of rotatable bonds is 8. The number of hydrogen-bond donors (Lipinski definition) is 1. The molecule has 180 valence electrons. The van der Waals surface area contributed by atoms with Crippen LogP contribution in [0.1, 0.15) is 26.3 Å². The van der Waals surface area contributed by atoms with E-state index in [0.29, 0.717) is 16.9 Å². The molecular weight excluding hydrogens is 483 g/mol. The SMILES string of the molecule is CCOC(=O)C(C)(C)Oc1ccc(-c2cc(Cl)cc(F)c2NS(=O)(=O)c2cncc(C)c2)cc1. The zero-order chi connectivity index (χ0) is 25.1. The molecule has 0 aliphatic rings. The fraction of sp³-hybridized carbons (Fsp3) is 0.250. The average Bonchev–Trinajstić information content (AvgIpc) is 2.76. The largest absolute Gasteiger partial charge is 0.476 e. The van der Waals surface area contributed by atoms with Gasteiger partial charge in [0.1, 0.15) is 16.5 Å². The molecule has 3 aromatic rings. The van der Waals surface area contributed by atoms with Gasteiger partial charge in [0.2, 0.25) is 0 Å². The summed E-state index contributed by atoms with van der Waals surface area (Å²) in [6, 6.07) is 10.3. The number of pyridine rings is 1. The summed E-state index contributed by atoms with van der Waals surface area (Å²) in [6.45, 7) is 6.79. The lowest BCUT2D eigenvalue weighted by Crippen LogP contribution is -2.39. The summed E-state index contributed by atoms with van der Waals surface area (Å²) >= 11 is 6.06. The van der Waals surface area contributed by atoms with E-state index in [1.807, 2.05) is 0 Å². The Morgan fingerprint density at radius 2 is 1.82 bits per heavy atom. The maximum absolute atomic E-state index is 14.9. The van der Waals surface area contributed by atoms with Crippen LogP contribution in [0.2, 0.25) is 5.02 Å². The third kappa shape index (κ3) is 5.84. The Morgan fingerprint density at radius 1 is 1.15 bits per heavy atom. The van der Waals surface area contributed by atoms with Gasteiger partial charge in [-0.2, -0.15) is 0 Å². The molecule has 0 aliphatic heterocycles. The first-order valence-corrected chi connectivity index (χ1v) is 12.2. The van der Waals surface area contributed by atoms with E-state index in [0.717, 1.165) is 6.07 Å². The second kappa shape index (κ2) is 9.99. The summed E-state index contributed by atoms with van der Waals surface area (Å²) < 4.78 is 53.7. The topological polar surface area (TPSA) is 94.6 Å². The number of carbonyl (C=O) groups is 1. The molecule has 1 N–H and O–H groups in total. The Kier molecular flexibility index (Phi) is 7.48. The molecule has 0 fully saturated rings. The van der Waals surface area contributed by atoms with Gasteiger partial charge in [-0.3, -0.25) is 9.71 Å². The molecule has 0 atom stereocenters. The van der Waals surface area contributed by atoms with Crippen molar-refractivity contribution in [2.45, 2.75) is 38.2 Å². The molecule has 1 aromatic heterocycles. The Bertz CT molecular complexity index is 1310. The number of carbonyl (C=O) groups excluding carboxylic acids is 1. The molecule has 1 heterocycles. The van der Waals surface area contributed by atoms with Gasteiger partial charge < -0.3 is 9.47 Å². The maximum Gasteiger partial charge on any atom is 0.349 e. The minimum absolute atomic E-state index is 0.0939. The number of esters is 1. The first-order chi connectivity index (χ1) is 15.9. The van der Waals surface area contributed by atoms with Gasteiger partial charge in [-0.05, 0) is 69.2 Å². The third-order valence-electron chi connectivity index (χ3n) is 4.76. The number of nitrogens with zero attached hydrogens (tertiary/aromatic N) is 1. The zero-order valence-electron chi connectivity index (χ0n) is 19.1. The van der Waals surface area contributed by atoms with Gasteiger partial charge in [-0.1, -0.05) is 23.7 Å². The van der Waals surface area contributed by atoms with Gasteiger partial charge in [0.25, 0.3) is 10.0 Å². The van der Waals surface area contributed by atoms with Crippen molar-refractivity contribution >= 4 is 33.3 Å². The van der Waals surface area contributed by atoms with E-state index in [-0.39, 0.29) is 27.8 Å². The fourth-order valence-electron chi connectivity index (χ4n) is 3.12. The highest BCUT2D eigenvalue weighted by atomic mass is 35.5. The smallest absolute Gasteiger partial charge is 0.349 e.